The van der Waals surface area contributed by atoms with Crippen LogP contribution in [0.25, 0.3) is 10.2 Å². The average Bonchev–Trinajstić information content (AvgIpc) is 3.02. The molecule has 0 radical (unpaired) electrons. The molecule has 2 aromatic carbocycles. The van der Waals surface area contributed by atoms with Crippen molar-refractivity contribution >= 4 is 44.0 Å². The van der Waals surface area contributed by atoms with Crippen LogP contribution in [0, 0.1) is 20.8 Å². The number of nitrogens with zero attached hydrogens (tertiary/aromatic N) is 1. The van der Waals surface area contributed by atoms with E-state index >= 15 is 0 Å². The molecule has 0 amide bonds. The van der Waals surface area contributed by atoms with Crippen LogP contribution in [0.15, 0.2) is 29.2 Å². The van der Waals surface area contributed by atoms with E-state index in [1.807, 2.05) is 20.8 Å². The van der Waals surface area contributed by atoms with Gasteiger partial charge < -0.3 is 10.8 Å². The molecule has 0 spiro atoms. The normalized spacial score (nSPS) is 12.8. The molecular weight excluding hydrogens is 394 g/mol. The van der Waals surface area contributed by atoms with Gasteiger partial charge in [-0.2, -0.15) is 0 Å². The Kier molecular flexibility index (Phi) is 5.65. The van der Waals surface area contributed by atoms with Crippen molar-refractivity contribution in [1.29, 1.82) is 0 Å². The first-order valence-electron chi connectivity index (χ1n) is 7.58. The fourth-order valence-electron chi connectivity index (χ4n) is 2.73. The summed E-state index contributed by atoms with van der Waals surface area (Å²) >= 11 is 1.43. The monoisotopic (exact) mass is 413 g/mol. The topological polar surface area (TPSA) is 119 Å². The molecule has 6 nitrogen and oxygen atoms in total. The number of primary sulfonamides is 1. The number of sulfonamides is 1. The van der Waals surface area contributed by atoms with Gasteiger partial charge in [-0.3, -0.25) is 0 Å². The van der Waals surface area contributed by atoms with Gasteiger partial charge in [0.15, 0.2) is 0 Å². The Balaban J connectivity index is 0.00000243. The van der Waals surface area contributed by atoms with E-state index in [0.717, 1.165) is 32.5 Å². The summed E-state index contributed by atoms with van der Waals surface area (Å²) in [5, 5.41) is 16.1. The highest BCUT2D eigenvalue weighted by Gasteiger charge is 2.20. The number of hydrogen-bond donors (Lipinski definition) is 3. The second-order valence-electron chi connectivity index (χ2n) is 6.05. The Morgan fingerprint density at radius 1 is 1.08 bits per heavy atom. The van der Waals surface area contributed by atoms with Gasteiger partial charge in [0, 0.05) is 5.56 Å². The maximum Gasteiger partial charge on any atom is 0.238 e. The Bertz CT molecular complexity index is 1030. The van der Waals surface area contributed by atoms with Crippen molar-refractivity contribution in [3.8, 4) is 5.75 Å². The van der Waals surface area contributed by atoms with E-state index in [9.17, 15) is 13.5 Å². The molecule has 26 heavy (non-hydrogen) atoms. The number of rotatable bonds is 3. The maximum atomic E-state index is 11.4. The van der Waals surface area contributed by atoms with Gasteiger partial charge in [0.05, 0.1) is 21.2 Å². The van der Waals surface area contributed by atoms with E-state index in [-0.39, 0.29) is 23.1 Å². The summed E-state index contributed by atoms with van der Waals surface area (Å²) in [6.07, 6.45) is 0. The number of aromatic hydroxyl groups is 1. The molecule has 0 aliphatic carbocycles. The summed E-state index contributed by atoms with van der Waals surface area (Å²) in [6, 6.07) is 5.65. The highest BCUT2D eigenvalue weighted by Crippen LogP contribution is 2.38. The summed E-state index contributed by atoms with van der Waals surface area (Å²) in [5.74, 6) is 0.284. The quantitative estimate of drug-likeness (QED) is 0.609. The molecule has 0 saturated carbocycles. The van der Waals surface area contributed by atoms with Crippen LogP contribution < -0.4 is 10.9 Å². The fraction of sp³-hybridized carbons (Fsp3) is 0.235. The summed E-state index contributed by atoms with van der Waals surface area (Å²) in [4.78, 5) is 4.70. The predicted octanol–water partition coefficient (Wildman–Crippen LogP) is 3.04. The predicted molar refractivity (Wildman–Crippen MR) is 107 cm³/mol. The van der Waals surface area contributed by atoms with Gasteiger partial charge in [-0.1, -0.05) is 12.1 Å². The third kappa shape index (κ3) is 3.43. The lowest BCUT2D eigenvalue weighted by Crippen LogP contribution is -2.14. The highest BCUT2D eigenvalue weighted by atomic mass is 35.5. The number of aryl methyl sites for hydroxylation is 2. The molecule has 140 valence electrons. The number of hydrogen-bond acceptors (Lipinski definition) is 6. The second kappa shape index (κ2) is 7.13. The van der Waals surface area contributed by atoms with Gasteiger partial charge in [0.25, 0.3) is 0 Å². The summed E-state index contributed by atoms with van der Waals surface area (Å²) < 4.78 is 23.6. The lowest BCUT2D eigenvalue weighted by molar-refractivity contribution is 0.467. The lowest BCUT2D eigenvalue weighted by Gasteiger charge is -2.09. The van der Waals surface area contributed by atoms with Crippen molar-refractivity contribution in [2.75, 3.05) is 0 Å². The van der Waals surface area contributed by atoms with Gasteiger partial charge in [0.2, 0.25) is 10.0 Å². The number of phenolic OH excluding ortho intramolecular Hbond substituents is 1. The molecular formula is C17H20ClN3O3S2. The summed E-state index contributed by atoms with van der Waals surface area (Å²) in [6.45, 7) is 5.65. The van der Waals surface area contributed by atoms with Crippen LogP contribution in [0.2, 0.25) is 0 Å². The number of aromatic nitrogens is 1. The minimum absolute atomic E-state index is 0. The smallest absolute Gasteiger partial charge is 0.238 e. The van der Waals surface area contributed by atoms with Crippen molar-refractivity contribution < 1.29 is 13.5 Å². The van der Waals surface area contributed by atoms with E-state index in [1.165, 1.54) is 23.5 Å². The first-order chi connectivity index (χ1) is 11.6. The average molecular weight is 414 g/mol. The van der Waals surface area contributed by atoms with E-state index in [2.05, 4.69) is 4.98 Å². The molecule has 0 bridgehead atoms. The first kappa shape index (κ1) is 20.6. The van der Waals surface area contributed by atoms with Crippen LogP contribution in [-0.2, 0) is 10.0 Å². The molecule has 0 aliphatic heterocycles. The van der Waals surface area contributed by atoms with Gasteiger partial charge in [0.1, 0.15) is 10.8 Å². The summed E-state index contributed by atoms with van der Waals surface area (Å²) in [5.41, 5.74) is 10.4. The Hall–Kier alpha value is -1.71. The molecule has 1 atom stereocenters. The molecule has 0 saturated heterocycles. The zero-order chi connectivity index (χ0) is 18.5. The minimum Gasteiger partial charge on any atom is -0.507 e. The van der Waals surface area contributed by atoms with E-state index in [0.29, 0.717) is 5.01 Å². The van der Waals surface area contributed by atoms with Crippen LogP contribution in [0.4, 0.5) is 0 Å². The van der Waals surface area contributed by atoms with Crippen molar-refractivity contribution in [3.63, 3.8) is 0 Å². The Labute approximate surface area is 162 Å². The first-order valence-corrected chi connectivity index (χ1v) is 9.95. The standard InChI is InChI=1S/C17H19N3O3S2.ClH/c1-8-9(2)15(21)10(3)16-14(8)20-17(24-16)13(18)11-4-6-12(7-5-11)25(19,22)23;/h4-7,13,21H,18H2,1-3H3,(H2,19,22,23);1H. The molecule has 0 aliphatic rings. The van der Waals surface area contributed by atoms with Gasteiger partial charge >= 0.3 is 0 Å². The number of thiazole rings is 1. The molecule has 1 aromatic heterocycles. The zero-order valence-electron chi connectivity index (χ0n) is 14.5. The highest BCUT2D eigenvalue weighted by molar-refractivity contribution is 7.89. The Morgan fingerprint density at radius 2 is 1.65 bits per heavy atom. The maximum absolute atomic E-state index is 11.4. The minimum atomic E-state index is -3.73. The van der Waals surface area contributed by atoms with Crippen molar-refractivity contribution in [1.82, 2.24) is 4.98 Å². The largest absolute Gasteiger partial charge is 0.507 e. The van der Waals surface area contributed by atoms with Crippen LogP contribution in [-0.4, -0.2) is 18.5 Å². The van der Waals surface area contributed by atoms with E-state index in [1.54, 1.807) is 12.1 Å². The van der Waals surface area contributed by atoms with Crippen molar-refractivity contribution in [2.24, 2.45) is 10.9 Å². The van der Waals surface area contributed by atoms with Crippen molar-refractivity contribution in [2.45, 2.75) is 31.7 Å². The number of halogens is 1. The molecule has 0 fully saturated rings. The third-order valence-corrected chi connectivity index (χ3v) is 6.63. The molecule has 3 aromatic rings. The molecule has 5 N–H and O–H groups in total. The number of nitrogens with two attached hydrogens (primary N) is 2. The van der Waals surface area contributed by atoms with Gasteiger partial charge in [-0.05, 0) is 49.6 Å². The van der Waals surface area contributed by atoms with Gasteiger partial charge in [-0.15, -0.1) is 23.7 Å². The SMILES string of the molecule is Cc1c(O)c(C)c2sc(C(N)c3ccc(S(N)(=O)=O)cc3)nc2c1C.Cl. The van der Waals surface area contributed by atoms with Crippen LogP contribution in [0.5, 0.6) is 5.75 Å². The molecule has 1 heterocycles. The summed E-state index contributed by atoms with van der Waals surface area (Å²) in [7, 11) is -3.73. The third-order valence-electron chi connectivity index (χ3n) is 4.45. The number of benzene rings is 2. The zero-order valence-corrected chi connectivity index (χ0v) is 16.9. The van der Waals surface area contributed by atoms with Crippen LogP contribution >= 0.6 is 23.7 Å². The molecule has 3 rings (SSSR count). The van der Waals surface area contributed by atoms with E-state index in [4.69, 9.17) is 10.9 Å². The molecule has 9 heteroatoms. The van der Waals surface area contributed by atoms with Crippen LogP contribution in [0.3, 0.4) is 0 Å². The lowest BCUT2D eigenvalue weighted by atomic mass is 10.0. The second-order valence-corrected chi connectivity index (χ2v) is 8.64. The van der Waals surface area contributed by atoms with Crippen molar-refractivity contribution in [3.05, 3.63) is 51.5 Å². The van der Waals surface area contributed by atoms with E-state index < -0.39 is 16.1 Å². The number of fused-ring (bicyclic) bond motifs is 1. The fourth-order valence-corrected chi connectivity index (χ4v) is 4.40. The number of phenols is 1. The van der Waals surface area contributed by atoms with Gasteiger partial charge in [-0.25, -0.2) is 18.5 Å². The molecule has 1 unspecified atom stereocenters. The van der Waals surface area contributed by atoms with Crippen LogP contribution in [0.1, 0.15) is 33.3 Å². The Morgan fingerprint density at radius 3 is 2.19 bits per heavy atom.